The van der Waals surface area contributed by atoms with Gasteiger partial charge in [0.25, 0.3) is 0 Å². The second-order valence-corrected chi connectivity index (χ2v) is 5.72. The largest absolute Gasteiger partial charge is 0.454 e. The molecule has 1 aromatic carbocycles. The lowest BCUT2D eigenvalue weighted by atomic mass is 10.1. The van der Waals surface area contributed by atoms with Crippen molar-refractivity contribution >= 4 is 5.96 Å². The molecule has 0 aromatic heterocycles. The summed E-state index contributed by atoms with van der Waals surface area (Å²) < 4.78 is 45.8. The number of benzene rings is 1. The highest BCUT2D eigenvalue weighted by molar-refractivity contribution is 5.79. The summed E-state index contributed by atoms with van der Waals surface area (Å²) in [7, 11) is 0. The Hall–Kier alpha value is -2.29. The first kappa shape index (κ1) is 21.0. The Bertz CT molecular complexity index is 615. The minimum absolute atomic E-state index is 0.0329. The average Bonchev–Trinajstić information content (AvgIpc) is 3.09. The highest BCUT2D eigenvalue weighted by Gasteiger charge is 2.20. The summed E-state index contributed by atoms with van der Waals surface area (Å²) in [5.41, 5.74) is 0.494. The molecular formula is C18H27F2N3O4. The van der Waals surface area contributed by atoms with Gasteiger partial charge in [-0.1, -0.05) is 0 Å². The van der Waals surface area contributed by atoms with Gasteiger partial charge in [0.15, 0.2) is 17.5 Å². The third kappa shape index (κ3) is 7.09. The zero-order valence-electron chi connectivity index (χ0n) is 15.7. The predicted molar refractivity (Wildman–Crippen MR) is 97.7 cm³/mol. The topological polar surface area (TPSA) is 73.3 Å². The number of nitrogens with zero attached hydrogens (tertiary/aromatic N) is 1. The van der Waals surface area contributed by atoms with E-state index >= 15 is 0 Å². The van der Waals surface area contributed by atoms with Gasteiger partial charge in [0.05, 0.1) is 6.54 Å². The molecule has 9 heteroatoms. The number of rotatable bonds is 11. The van der Waals surface area contributed by atoms with Gasteiger partial charge in [0.2, 0.25) is 6.79 Å². The number of alkyl halides is 2. The van der Waals surface area contributed by atoms with Crippen LogP contribution in [0.1, 0.15) is 32.3 Å². The number of nitrogens with one attached hydrogen (secondary N) is 2. The third-order valence-corrected chi connectivity index (χ3v) is 3.74. The molecule has 0 radical (unpaired) electrons. The monoisotopic (exact) mass is 387 g/mol. The first-order valence-electron chi connectivity index (χ1n) is 9.11. The summed E-state index contributed by atoms with van der Waals surface area (Å²) in [5.74, 6) is 1.52. The van der Waals surface area contributed by atoms with Crippen molar-refractivity contribution in [3.05, 3.63) is 17.7 Å². The van der Waals surface area contributed by atoms with Crippen molar-refractivity contribution in [3.63, 3.8) is 0 Å². The quantitative estimate of drug-likeness (QED) is 0.346. The van der Waals surface area contributed by atoms with Gasteiger partial charge in [-0.2, -0.15) is 8.78 Å². The molecule has 27 heavy (non-hydrogen) atoms. The molecule has 2 rings (SSSR count). The molecule has 1 heterocycles. The summed E-state index contributed by atoms with van der Waals surface area (Å²) in [4.78, 5) is 4.45. The Morgan fingerprint density at radius 1 is 1.19 bits per heavy atom. The van der Waals surface area contributed by atoms with Crippen molar-refractivity contribution < 1.29 is 27.7 Å². The molecule has 152 valence electrons. The Morgan fingerprint density at radius 2 is 1.96 bits per heavy atom. The van der Waals surface area contributed by atoms with Crippen LogP contribution in [0, 0.1) is 0 Å². The second-order valence-electron chi connectivity index (χ2n) is 5.72. The van der Waals surface area contributed by atoms with E-state index in [1.54, 1.807) is 6.07 Å². The molecule has 0 atom stereocenters. The zero-order valence-corrected chi connectivity index (χ0v) is 15.7. The smallest absolute Gasteiger partial charge is 0.387 e. The summed E-state index contributed by atoms with van der Waals surface area (Å²) in [6.07, 6.45) is 1.89. The van der Waals surface area contributed by atoms with Gasteiger partial charge in [0, 0.05) is 37.9 Å². The predicted octanol–water partition coefficient (Wildman–Crippen LogP) is 2.89. The summed E-state index contributed by atoms with van der Waals surface area (Å²) >= 11 is 0. The highest BCUT2D eigenvalue weighted by Crippen LogP contribution is 2.38. The average molecular weight is 387 g/mol. The summed E-state index contributed by atoms with van der Waals surface area (Å²) in [5, 5.41) is 6.35. The van der Waals surface area contributed by atoms with E-state index in [2.05, 4.69) is 20.4 Å². The minimum atomic E-state index is -2.93. The third-order valence-electron chi connectivity index (χ3n) is 3.74. The molecule has 0 bridgehead atoms. The molecule has 1 aromatic rings. The van der Waals surface area contributed by atoms with E-state index in [0.717, 1.165) is 32.6 Å². The molecule has 0 aliphatic carbocycles. The number of aliphatic imine (C=N–C) groups is 1. The van der Waals surface area contributed by atoms with Gasteiger partial charge in [0.1, 0.15) is 5.75 Å². The fourth-order valence-electron chi connectivity index (χ4n) is 2.48. The van der Waals surface area contributed by atoms with Crippen molar-refractivity contribution in [2.75, 3.05) is 33.1 Å². The van der Waals surface area contributed by atoms with Gasteiger partial charge in [-0.15, -0.1) is 0 Å². The number of fused-ring (bicyclic) bond motifs is 1. The molecule has 0 spiro atoms. The van der Waals surface area contributed by atoms with Crippen molar-refractivity contribution in [1.82, 2.24) is 10.6 Å². The zero-order chi connectivity index (χ0) is 19.5. The fraction of sp³-hybridized carbons (Fsp3) is 0.611. The van der Waals surface area contributed by atoms with Gasteiger partial charge < -0.3 is 29.6 Å². The molecule has 0 saturated heterocycles. The Labute approximate surface area is 158 Å². The first-order valence-corrected chi connectivity index (χ1v) is 9.11. The molecule has 1 aliphatic rings. The first-order chi connectivity index (χ1) is 13.1. The maximum Gasteiger partial charge on any atom is 0.387 e. The Balaban J connectivity index is 1.99. The van der Waals surface area contributed by atoms with Crippen LogP contribution in [0.2, 0.25) is 0 Å². The van der Waals surface area contributed by atoms with Gasteiger partial charge >= 0.3 is 6.61 Å². The van der Waals surface area contributed by atoms with Gasteiger partial charge in [-0.05, 0) is 32.8 Å². The van der Waals surface area contributed by atoms with Crippen LogP contribution in [-0.2, 0) is 11.3 Å². The maximum absolute atomic E-state index is 12.7. The van der Waals surface area contributed by atoms with Crippen LogP contribution in [0.4, 0.5) is 8.78 Å². The van der Waals surface area contributed by atoms with Crippen LogP contribution in [0.25, 0.3) is 0 Å². The summed E-state index contributed by atoms with van der Waals surface area (Å²) in [6, 6.07) is 3.03. The van der Waals surface area contributed by atoms with Crippen LogP contribution in [0.3, 0.4) is 0 Å². The van der Waals surface area contributed by atoms with E-state index in [4.69, 9.17) is 14.2 Å². The maximum atomic E-state index is 12.7. The van der Waals surface area contributed by atoms with E-state index in [1.165, 1.54) is 6.07 Å². The van der Waals surface area contributed by atoms with E-state index < -0.39 is 6.61 Å². The van der Waals surface area contributed by atoms with E-state index in [1.807, 2.05) is 13.8 Å². The molecule has 1 aliphatic heterocycles. The SMILES string of the molecule is CCNC(=NCc1cc2c(cc1OC(F)F)OCO2)NCCCCOCC. The number of hydrogen-bond acceptors (Lipinski definition) is 5. The van der Waals surface area contributed by atoms with Crippen LogP contribution < -0.4 is 24.8 Å². The molecule has 0 unspecified atom stereocenters. The molecule has 2 N–H and O–H groups in total. The lowest BCUT2D eigenvalue weighted by Gasteiger charge is -2.13. The number of guanidine groups is 1. The fourth-order valence-corrected chi connectivity index (χ4v) is 2.48. The van der Waals surface area contributed by atoms with Gasteiger partial charge in [-0.25, -0.2) is 4.99 Å². The highest BCUT2D eigenvalue weighted by atomic mass is 19.3. The van der Waals surface area contributed by atoms with E-state index in [0.29, 0.717) is 29.6 Å². The number of unbranched alkanes of at least 4 members (excludes halogenated alkanes) is 1. The number of halogens is 2. The standard InChI is InChI=1S/C18H27F2N3O4/c1-3-21-18(22-7-5-6-8-24-4-2)23-11-13-9-15-16(26-12-25-15)10-14(13)27-17(19)20/h9-10,17H,3-8,11-12H2,1-2H3,(H2,21,22,23). The minimum Gasteiger partial charge on any atom is -0.454 e. The van der Waals surface area contributed by atoms with Crippen LogP contribution in [0.15, 0.2) is 17.1 Å². The molecule has 0 fully saturated rings. The number of hydrogen-bond donors (Lipinski definition) is 2. The van der Waals surface area contributed by atoms with Crippen LogP contribution in [-0.4, -0.2) is 45.7 Å². The molecule has 0 saturated carbocycles. The lowest BCUT2D eigenvalue weighted by molar-refractivity contribution is -0.0505. The molecule has 0 amide bonds. The van der Waals surface area contributed by atoms with Crippen molar-refractivity contribution in [3.8, 4) is 17.2 Å². The van der Waals surface area contributed by atoms with E-state index in [9.17, 15) is 8.78 Å². The number of ether oxygens (including phenoxy) is 4. The van der Waals surface area contributed by atoms with Crippen LogP contribution in [0.5, 0.6) is 17.2 Å². The second kappa shape index (κ2) is 11.4. The molecular weight excluding hydrogens is 360 g/mol. The normalized spacial score (nSPS) is 13.1. The lowest BCUT2D eigenvalue weighted by Crippen LogP contribution is -2.37. The van der Waals surface area contributed by atoms with E-state index in [-0.39, 0.29) is 19.1 Å². The Morgan fingerprint density at radius 3 is 2.67 bits per heavy atom. The van der Waals surface area contributed by atoms with Crippen LogP contribution >= 0.6 is 0 Å². The van der Waals surface area contributed by atoms with Crippen molar-refractivity contribution in [1.29, 1.82) is 0 Å². The Kier molecular flexibility index (Phi) is 8.90. The van der Waals surface area contributed by atoms with Crippen molar-refractivity contribution in [2.24, 2.45) is 4.99 Å². The summed E-state index contributed by atoms with van der Waals surface area (Å²) in [6.45, 7) is 4.09. The van der Waals surface area contributed by atoms with Gasteiger partial charge in [-0.3, -0.25) is 0 Å². The molecule has 7 nitrogen and oxygen atoms in total. The van der Waals surface area contributed by atoms with Crippen molar-refractivity contribution in [2.45, 2.75) is 39.8 Å².